The van der Waals surface area contributed by atoms with Crippen molar-refractivity contribution in [2.75, 3.05) is 18.5 Å². The topological polar surface area (TPSA) is 149 Å². The van der Waals surface area contributed by atoms with E-state index in [0.29, 0.717) is 31.2 Å². The zero-order valence-electron chi connectivity index (χ0n) is 14.2. The first-order valence-electron chi connectivity index (χ1n) is 8.18. The molecule has 2 heterocycles. The molecule has 2 aliphatic rings. The Hall–Kier alpha value is -2.69. The molecule has 1 aromatic rings. The number of carbonyl (C=O) groups excluding carboxylic acids is 1. The molecule has 10 nitrogen and oxygen atoms in total. The summed E-state index contributed by atoms with van der Waals surface area (Å²) in [5.74, 6) is 0.309. The van der Waals surface area contributed by atoms with E-state index < -0.39 is 21.0 Å². The third kappa shape index (κ3) is 4.28. The van der Waals surface area contributed by atoms with Crippen LogP contribution in [0.15, 0.2) is 22.2 Å². The average molecular weight is 380 g/mol. The van der Waals surface area contributed by atoms with Crippen molar-refractivity contribution >= 4 is 27.9 Å². The standard InChI is InChI=1S/C15H20N6O4S/c1-9-7-11(10-3-4-10)19-14(18-9)20-15(22)21-26(23,24)12(8-16)13-17-5-2-6-25-13/h7-8,10H,2-6,16H2,1H3,(H2,18,19,20,21,22). The zero-order valence-corrected chi connectivity index (χ0v) is 15.0. The van der Waals surface area contributed by atoms with Crippen LogP contribution >= 0.6 is 0 Å². The summed E-state index contributed by atoms with van der Waals surface area (Å²) < 4.78 is 31.9. The highest BCUT2D eigenvalue weighted by atomic mass is 32.2. The first kappa shape index (κ1) is 18.1. The summed E-state index contributed by atoms with van der Waals surface area (Å²) in [6.07, 6.45) is 3.62. The average Bonchev–Trinajstić information content (AvgIpc) is 3.39. The maximum absolute atomic E-state index is 12.4. The molecule has 0 saturated heterocycles. The smallest absolute Gasteiger partial charge is 0.335 e. The molecule has 0 radical (unpaired) electrons. The third-order valence-corrected chi connectivity index (χ3v) is 5.11. The second kappa shape index (κ2) is 7.28. The van der Waals surface area contributed by atoms with E-state index in [1.54, 1.807) is 6.92 Å². The van der Waals surface area contributed by atoms with Crippen molar-refractivity contribution in [2.24, 2.45) is 10.7 Å². The van der Waals surface area contributed by atoms with Crippen molar-refractivity contribution in [3.05, 3.63) is 28.6 Å². The van der Waals surface area contributed by atoms with Crippen LogP contribution in [0.4, 0.5) is 10.7 Å². The molecule has 0 atom stereocenters. The molecular formula is C15H20N6O4S. The number of nitrogens with two attached hydrogens (primary N) is 1. The fourth-order valence-electron chi connectivity index (χ4n) is 2.43. The predicted molar refractivity (Wildman–Crippen MR) is 95.0 cm³/mol. The maximum Gasteiger partial charge on any atom is 0.335 e. The van der Waals surface area contributed by atoms with Crippen LogP contribution in [0.5, 0.6) is 0 Å². The van der Waals surface area contributed by atoms with Gasteiger partial charge in [-0.15, -0.1) is 0 Å². The fourth-order valence-corrected chi connectivity index (χ4v) is 3.36. The number of nitrogens with one attached hydrogen (secondary N) is 2. The summed E-state index contributed by atoms with van der Waals surface area (Å²) in [6.45, 7) is 2.54. The fraction of sp³-hybridized carbons (Fsp3) is 0.467. The van der Waals surface area contributed by atoms with E-state index in [1.165, 1.54) is 0 Å². The minimum Gasteiger partial charge on any atom is -0.477 e. The van der Waals surface area contributed by atoms with E-state index in [1.807, 2.05) is 10.8 Å². The number of sulfonamides is 1. The van der Waals surface area contributed by atoms with Gasteiger partial charge in [-0.1, -0.05) is 0 Å². The van der Waals surface area contributed by atoms with Crippen LogP contribution < -0.4 is 15.8 Å². The number of aromatic nitrogens is 2. The molecule has 1 aromatic heterocycles. The molecule has 26 heavy (non-hydrogen) atoms. The lowest BCUT2D eigenvalue weighted by molar-refractivity contribution is 0.256. The van der Waals surface area contributed by atoms with Gasteiger partial charge in [-0.25, -0.2) is 27.9 Å². The van der Waals surface area contributed by atoms with Crippen molar-refractivity contribution in [1.82, 2.24) is 14.7 Å². The Labute approximate surface area is 151 Å². The number of ether oxygens (including phenoxy) is 1. The molecule has 2 amide bonds. The van der Waals surface area contributed by atoms with Crippen LogP contribution in [-0.4, -0.2) is 43.5 Å². The van der Waals surface area contributed by atoms with Crippen LogP contribution in [-0.2, 0) is 14.8 Å². The minimum atomic E-state index is -4.25. The Morgan fingerprint density at radius 2 is 2.15 bits per heavy atom. The molecule has 1 aliphatic heterocycles. The summed E-state index contributed by atoms with van der Waals surface area (Å²) in [7, 11) is -4.25. The minimum absolute atomic E-state index is 0.0455. The Morgan fingerprint density at radius 3 is 2.77 bits per heavy atom. The molecule has 11 heteroatoms. The van der Waals surface area contributed by atoms with E-state index in [2.05, 4.69) is 20.3 Å². The highest BCUT2D eigenvalue weighted by Gasteiger charge is 2.29. The van der Waals surface area contributed by atoms with Gasteiger partial charge in [0.1, 0.15) is 0 Å². The Morgan fingerprint density at radius 1 is 1.38 bits per heavy atom. The lowest BCUT2D eigenvalue weighted by Crippen LogP contribution is -2.38. The van der Waals surface area contributed by atoms with Crippen LogP contribution in [0.25, 0.3) is 0 Å². The third-order valence-electron chi connectivity index (χ3n) is 3.77. The van der Waals surface area contributed by atoms with Gasteiger partial charge in [0.2, 0.25) is 11.8 Å². The lowest BCUT2D eigenvalue weighted by atomic mass is 10.2. The van der Waals surface area contributed by atoms with Crippen LogP contribution in [0.2, 0.25) is 0 Å². The van der Waals surface area contributed by atoms with Gasteiger partial charge in [-0.2, -0.15) is 0 Å². The summed E-state index contributed by atoms with van der Waals surface area (Å²) in [5, 5.41) is 2.34. The largest absolute Gasteiger partial charge is 0.477 e. The Balaban J connectivity index is 1.71. The summed E-state index contributed by atoms with van der Waals surface area (Å²) in [5.41, 5.74) is 6.92. The lowest BCUT2D eigenvalue weighted by Gasteiger charge is -2.16. The zero-order chi connectivity index (χ0) is 18.7. The van der Waals surface area contributed by atoms with E-state index in [9.17, 15) is 13.2 Å². The second-order valence-electron chi connectivity index (χ2n) is 6.01. The normalized spacial score (nSPS) is 17.9. The first-order valence-corrected chi connectivity index (χ1v) is 9.66. The number of aryl methyl sites for hydroxylation is 1. The molecule has 0 aromatic carbocycles. The number of hydrogen-bond donors (Lipinski definition) is 3. The molecule has 1 saturated carbocycles. The summed E-state index contributed by atoms with van der Waals surface area (Å²) >= 11 is 0. The van der Waals surface area contributed by atoms with Gasteiger partial charge in [0.15, 0.2) is 4.91 Å². The molecule has 0 unspecified atom stereocenters. The molecule has 3 rings (SSSR count). The molecular weight excluding hydrogens is 360 g/mol. The SMILES string of the molecule is Cc1cc(C2CC2)nc(NC(=O)NS(=O)(=O)C(=CN)C2=NCCCO2)n1. The number of anilines is 1. The van der Waals surface area contributed by atoms with Gasteiger partial charge in [-0.3, -0.25) is 10.3 Å². The summed E-state index contributed by atoms with van der Waals surface area (Å²) in [4.78, 5) is 24.1. The Kier molecular flexibility index (Phi) is 5.07. The molecule has 1 aliphatic carbocycles. The van der Waals surface area contributed by atoms with Gasteiger partial charge in [-0.05, 0) is 25.8 Å². The molecule has 0 spiro atoms. The quantitative estimate of drug-likeness (QED) is 0.682. The van der Waals surface area contributed by atoms with Crippen LogP contribution in [0.3, 0.4) is 0 Å². The molecule has 1 fully saturated rings. The van der Waals surface area contributed by atoms with E-state index >= 15 is 0 Å². The number of hydrogen-bond acceptors (Lipinski definition) is 8. The van der Waals surface area contributed by atoms with Crippen molar-refractivity contribution in [3.63, 3.8) is 0 Å². The maximum atomic E-state index is 12.4. The number of urea groups is 1. The second-order valence-corrected chi connectivity index (χ2v) is 7.66. The van der Waals surface area contributed by atoms with Gasteiger partial charge < -0.3 is 10.5 Å². The van der Waals surface area contributed by atoms with Gasteiger partial charge in [0, 0.05) is 36.5 Å². The van der Waals surface area contributed by atoms with Crippen molar-refractivity contribution in [3.8, 4) is 0 Å². The van der Waals surface area contributed by atoms with E-state index in [4.69, 9.17) is 10.5 Å². The van der Waals surface area contributed by atoms with Crippen molar-refractivity contribution in [1.29, 1.82) is 0 Å². The number of nitrogens with zero attached hydrogens (tertiary/aromatic N) is 3. The molecule has 140 valence electrons. The predicted octanol–water partition coefficient (Wildman–Crippen LogP) is 0.733. The number of carbonyl (C=O) groups is 1. The Bertz CT molecular complexity index is 876. The van der Waals surface area contributed by atoms with Gasteiger partial charge in [0.25, 0.3) is 10.0 Å². The van der Waals surface area contributed by atoms with E-state index in [0.717, 1.165) is 24.7 Å². The molecule has 0 bridgehead atoms. The number of aliphatic imine (C=N–C) groups is 1. The van der Waals surface area contributed by atoms with Crippen molar-refractivity contribution in [2.45, 2.75) is 32.1 Å². The number of rotatable bonds is 5. The first-order chi connectivity index (χ1) is 12.4. The summed E-state index contributed by atoms with van der Waals surface area (Å²) in [6, 6.07) is 0.860. The van der Waals surface area contributed by atoms with Crippen LogP contribution in [0, 0.1) is 6.92 Å². The highest BCUT2D eigenvalue weighted by molar-refractivity contribution is 7.94. The highest BCUT2D eigenvalue weighted by Crippen LogP contribution is 2.39. The van der Waals surface area contributed by atoms with Gasteiger partial charge in [0.05, 0.1) is 6.61 Å². The van der Waals surface area contributed by atoms with Crippen molar-refractivity contribution < 1.29 is 17.9 Å². The number of amides is 2. The van der Waals surface area contributed by atoms with Gasteiger partial charge >= 0.3 is 6.03 Å². The van der Waals surface area contributed by atoms with E-state index in [-0.39, 0.29) is 11.8 Å². The monoisotopic (exact) mass is 380 g/mol. The molecule has 4 N–H and O–H groups in total. The van der Waals surface area contributed by atoms with Crippen LogP contribution in [0.1, 0.15) is 36.6 Å².